The van der Waals surface area contributed by atoms with E-state index in [-0.39, 0.29) is 12.8 Å². The van der Waals surface area contributed by atoms with E-state index >= 15 is 0 Å². The van der Waals surface area contributed by atoms with Gasteiger partial charge in [0, 0.05) is 10.9 Å². The Labute approximate surface area is 107 Å². The lowest BCUT2D eigenvalue weighted by Crippen LogP contribution is -2.33. The van der Waals surface area contributed by atoms with E-state index in [0.29, 0.717) is 5.56 Å². The number of carbonyl (C=O) groups is 2. The molecule has 17 heavy (non-hydrogen) atoms. The quantitative estimate of drug-likeness (QED) is 0.876. The van der Waals surface area contributed by atoms with Gasteiger partial charge in [0.1, 0.15) is 0 Å². The molecule has 0 saturated carbocycles. The minimum Gasteiger partial charge on any atom is -0.481 e. The first-order chi connectivity index (χ1) is 7.86. The van der Waals surface area contributed by atoms with Crippen LogP contribution in [0.25, 0.3) is 0 Å². The third kappa shape index (κ3) is 3.30. The Balaban J connectivity index is 3.02. The number of aliphatic carboxylic acids is 2. The van der Waals surface area contributed by atoms with Crippen LogP contribution in [0.5, 0.6) is 0 Å². The number of hydrogen-bond donors (Lipinski definition) is 2. The van der Waals surface area contributed by atoms with E-state index in [1.54, 1.807) is 31.2 Å². The predicted octanol–water partition coefficient (Wildman–Crippen LogP) is 2.66. The third-order valence-corrected chi connectivity index (χ3v) is 3.32. The van der Waals surface area contributed by atoms with Gasteiger partial charge in [-0.05, 0) is 31.0 Å². The average Bonchev–Trinajstić information content (AvgIpc) is 2.26. The first-order valence-corrected chi connectivity index (χ1v) is 5.87. The molecule has 1 aromatic rings. The Morgan fingerprint density at radius 3 is 2.18 bits per heavy atom. The van der Waals surface area contributed by atoms with Crippen LogP contribution in [0.15, 0.2) is 28.7 Å². The lowest BCUT2D eigenvalue weighted by Gasteiger charge is -2.24. The summed E-state index contributed by atoms with van der Waals surface area (Å²) < 4.78 is 0.854. The van der Waals surface area contributed by atoms with E-state index in [0.717, 1.165) is 4.47 Å². The van der Waals surface area contributed by atoms with Crippen molar-refractivity contribution in [2.75, 3.05) is 0 Å². The number of carboxylic acids is 2. The number of rotatable bonds is 5. The topological polar surface area (TPSA) is 74.6 Å². The van der Waals surface area contributed by atoms with Gasteiger partial charge >= 0.3 is 11.9 Å². The third-order valence-electron chi connectivity index (χ3n) is 2.79. The summed E-state index contributed by atoms with van der Waals surface area (Å²) >= 11 is 3.27. The molecule has 1 aromatic carbocycles. The van der Waals surface area contributed by atoms with Crippen molar-refractivity contribution in [1.29, 1.82) is 0 Å². The molecule has 0 heterocycles. The lowest BCUT2D eigenvalue weighted by atomic mass is 9.78. The monoisotopic (exact) mass is 300 g/mol. The van der Waals surface area contributed by atoms with Gasteiger partial charge in [-0.2, -0.15) is 0 Å². The van der Waals surface area contributed by atoms with Crippen molar-refractivity contribution in [3.05, 3.63) is 34.3 Å². The van der Waals surface area contributed by atoms with Gasteiger partial charge in [0.2, 0.25) is 0 Å². The molecule has 0 aliphatic rings. The van der Waals surface area contributed by atoms with Crippen molar-refractivity contribution in [2.45, 2.75) is 25.2 Å². The molecule has 1 atom stereocenters. The van der Waals surface area contributed by atoms with E-state index in [2.05, 4.69) is 15.9 Å². The highest BCUT2D eigenvalue weighted by molar-refractivity contribution is 9.10. The van der Waals surface area contributed by atoms with Crippen molar-refractivity contribution in [3.8, 4) is 0 Å². The van der Waals surface area contributed by atoms with Crippen molar-refractivity contribution in [2.24, 2.45) is 0 Å². The zero-order valence-corrected chi connectivity index (χ0v) is 10.9. The fourth-order valence-electron chi connectivity index (χ4n) is 1.55. The van der Waals surface area contributed by atoms with Gasteiger partial charge in [-0.3, -0.25) is 9.59 Å². The van der Waals surface area contributed by atoms with Gasteiger partial charge in [-0.25, -0.2) is 0 Å². The van der Waals surface area contributed by atoms with Crippen LogP contribution in [0.2, 0.25) is 0 Å². The molecule has 0 aromatic heterocycles. The zero-order chi connectivity index (χ0) is 13.1. The summed E-state index contributed by atoms with van der Waals surface area (Å²) in [5.41, 5.74) is -0.562. The van der Waals surface area contributed by atoms with Crippen LogP contribution < -0.4 is 0 Å². The molecule has 0 spiro atoms. The van der Waals surface area contributed by atoms with E-state index in [4.69, 9.17) is 5.11 Å². The number of benzene rings is 1. The smallest absolute Gasteiger partial charge is 0.313 e. The maximum atomic E-state index is 11.3. The first-order valence-electron chi connectivity index (χ1n) is 5.07. The molecule has 0 bridgehead atoms. The molecular weight excluding hydrogens is 288 g/mol. The normalized spacial score (nSPS) is 14.0. The van der Waals surface area contributed by atoms with Crippen molar-refractivity contribution in [3.63, 3.8) is 0 Å². The number of carboxylic acid groups (broad SMARTS) is 2. The van der Waals surface area contributed by atoms with Crippen LogP contribution in [0.1, 0.15) is 25.3 Å². The average molecular weight is 301 g/mol. The Morgan fingerprint density at radius 2 is 1.76 bits per heavy atom. The van der Waals surface area contributed by atoms with E-state index < -0.39 is 17.4 Å². The molecule has 0 saturated heterocycles. The summed E-state index contributed by atoms with van der Waals surface area (Å²) in [7, 11) is 0. The molecule has 4 nitrogen and oxygen atoms in total. The second-order valence-corrected chi connectivity index (χ2v) is 4.95. The summed E-state index contributed by atoms with van der Waals surface area (Å²) in [5.74, 6) is -2.00. The van der Waals surface area contributed by atoms with Gasteiger partial charge in [-0.15, -0.1) is 0 Å². The Bertz CT molecular complexity index is 427. The second-order valence-electron chi connectivity index (χ2n) is 4.04. The molecule has 0 amide bonds. The zero-order valence-electron chi connectivity index (χ0n) is 9.31. The summed E-state index contributed by atoms with van der Waals surface area (Å²) in [4.78, 5) is 21.9. The van der Waals surface area contributed by atoms with E-state index in [1.165, 1.54) is 0 Å². The van der Waals surface area contributed by atoms with E-state index in [9.17, 15) is 14.7 Å². The maximum Gasteiger partial charge on any atom is 0.313 e. The van der Waals surface area contributed by atoms with Crippen LogP contribution in [0, 0.1) is 0 Å². The Kier molecular flexibility index (Phi) is 4.28. The maximum absolute atomic E-state index is 11.3. The fourth-order valence-corrected chi connectivity index (χ4v) is 1.81. The van der Waals surface area contributed by atoms with Crippen LogP contribution in [-0.2, 0) is 15.0 Å². The molecule has 0 aliphatic heterocycles. The van der Waals surface area contributed by atoms with Crippen LogP contribution >= 0.6 is 15.9 Å². The minimum atomic E-state index is -1.17. The van der Waals surface area contributed by atoms with Crippen LogP contribution in [0.4, 0.5) is 0 Å². The molecule has 5 heteroatoms. The standard InChI is InChI=1S/C12H13BrO4/c1-12(11(16)17,7-6-10(14)15)8-2-4-9(13)5-3-8/h2-5H,6-7H2,1H3,(H,14,15)(H,16,17). The van der Waals surface area contributed by atoms with Crippen molar-refractivity contribution >= 4 is 27.9 Å². The minimum absolute atomic E-state index is 0.0687. The second kappa shape index (κ2) is 5.31. The van der Waals surface area contributed by atoms with Gasteiger partial charge in [0.15, 0.2) is 0 Å². The largest absolute Gasteiger partial charge is 0.481 e. The van der Waals surface area contributed by atoms with Crippen LogP contribution in [-0.4, -0.2) is 22.2 Å². The van der Waals surface area contributed by atoms with Gasteiger partial charge < -0.3 is 10.2 Å². The Hall–Kier alpha value is -1.36. The van der Waals surface area contributed by atoms with Crippen molar-refractivity contribution < 1.29 is 19.8 Å². The fraction of sp³-hybridized carbons (Fsp3) is 0.333. The molecule has 1 rings (SSSR count). The number of halogens is 1. The highest BCUT2D eigenvalue weighted by atomic mass is 79.9. The summed E-state index contributed by atoms with van der Waals surface area (Å²) in [6, 6.07) is 6.88. The van der Waals surface area contributed by atoms with Crippen molar-refractivity contribution in [1.82, 2.24) is 0 Å². The first kappa shape index (κ1) is 13.7. The molecule has 1 unspecified atom stereocenters. The van der Waals surface area contributed by atoms with Gasteiger partial charge in [0.05, 0.1) is 5.41 Å². The molecule has 0 aliphatic carbocycles. The number of hydrogen-bond acceptors (Lipinski definition) is 2. The Morgan fingerprint density at radius 1 is 1.24 bits per heavy atom. The SMILES string of the molecule is CC(CCC(=O)O)(C(=O)O)c1ccc(Br)cc1. The van der Waals surface area contributed by atoms with E-state index in [1.807, 2.05) is 0 Å². The van der Waals surface area contributed by atoms with Gasteiger partial charge in [-0.1, -0.05) is 28.1 Å². The highest BCUT2D eigenvalue weighted by Gasteiger charge is 2.35. The summed E-state index contributed by atoms with van der Waals surface area (Å²) in [5, 5.41) is 17.9. The molecule has 2 N–H and O–H groups in total. The molecule has 0 radical (unpaired) electrons. The van der Waals surface area contributed by atoms with Gasteiger partial charge in [0.25, 0.3) is 0 Å². The van der Waals surface area contributed by atoms with Crippen LogP contribution in [0.3, 0.4) is 0 Å². The lowest BCUT2D eigenvalue weighted by molar-refractivity contribution is -0.144. The molecule has 0 fully saturated rings. The predicted molar refractivity (Wildman–Crippen MR) is 66.0 cm³/mol. The highest BCUT2D eigenvalue weighted by Crippen LogP contribution is 2.30. The summed E-state index contributed by atoms with van der Waals surface area (Å²) in [6.07, 6.45) is -0.0990. The summed E-state index contributed by atoms with van der Waals surface area (Å²) in [6.45, 7) is 1.54. The molecular formula is C12H13BrO4. The molecule has 92 valence electrons.